The summed E-state index contributed by atoms with van der Waals surface area (Å²) in [5, 5.41) is 2.38. The second-order valence-electron chi connectivity index (χ2n) is 8.42. The highest BCUT2D eigenvalue weighted by atomic mass is 16.2. The van der Waals surface area contributed by atoms with Crippen LogP contribution in [0.4, 0.5) is 4.79 Å². The van der Waals surface area contributed by atoms with Crippen LogP contribution in [0.2, 0.25) is 0 Å². The second kappa shape index (κ2) is 7.57. The summed E-state index contributed by atoms with van der Waals surface area (Å²) in [7, 11) is 0. The van der Waals surface area contributed by atoms with Crippen LogP contribution in [0, 0.1) is 13.8 Å². The van der Waals surface area contributed by atoms with Crippen LogP contribution in [-0.2, 0) is 9.59 Å². The van der Waals surface area contributed by atoms with Gasteiger partial charge >= 0.3 is 6.03 Å². The molecular formula is C22H29N3O3. The molecule has 150 valence electrons. The molecule has 0 atom stereocenters. The monoisotopic (exact) mass is 383 g/mol. The zero-order valence-electron chi connectivity index (χ0n) is 16.8. The maximum atomic E-state index is 13.1. The third kappa shape index (κ3) is 3.29. The zero-order valence-corrected chi connectivity index (χ0v) is 16.8. The first kappa shape index (κ1) is 19.0. The number of urea groups is 1. The average molecular weight is 383 g/mol. The van der Waals surface area contributed by atoms with Gasteiger partial charge in [-0.15, -0.1) is 0 Å². The van der Waals surface area contributed by atoms with Crippen LogP contribution in [0.15, 0.2) is 11.6 Å². The molecule has 0 radical (unpaired) electrons. The Morgan fingerprint density at radius 2 is 1.54 bits per heavy atom. The molecule has 1 aliphatic heterocycles. The maximum absolute atomic E-state index is 13.1. The van der Waals surface area contributed by atoms with Crippen molar-refractivity contribution in [2.45, 2.75) is 83.7 Å². The molecule has 2 heterocycles. The summed E-state index contributed by atoms with van der Waals surface area (Å²) in [6, 6.07) is 1.87. The van der Waals surface area contributed by atoms with Gasteiger partial charge in [-0.2, -0.15) is 0 Å². The van der Waals surface area contributed by atoms with Crippen LogP contribution < -0.4 is 5.32 Å². The number of aryl methyl sites for hydroxylation is 1. The van der Waals surface area contributed by atoms with Gasteiger partial charge in [-0.3, -0.25) is 19.8 Å². The van der Waals surface area contributed by atoms with Crippen molar-refractivity contribution in [3.05, 3.63) is 28.6 Å². The molecule has 2 saturated carbocycles. The number of nitrogens with one attached hydrogen (secondary N) is 1. The van der Waals surface area contributed by atoms with Crippen molar-refractivity contribution in [3.63, 3.8) is 0 Å². The number of imide groups is 2. The van der Waals surface area contributed by atoms with Crippen LogP contribution in [0.5, 0.6) is 0 Å². The molecule has 6 nitrogen and oxygen atoms in total. The van der Waals surface area contributed by atoms with Gasteiger partial charge in [-0.1, -0.05) is 32.1 Å². The van der Waals surface area contributed by atoms with Crippen molar-refractivity contribution in [2.75, 3.05) is 0 Å². The molecule has 0 aromatic carbocycles. The van der Waals surface area contributed by atoms with Gasteiger partial charge in [0.15, 0.2) is 0 Å². The number of hydrogen-bond donors (Lipinski definition) is 1. The molecule has 1 aromatic heterocycles. The molecule has 3 aliphatic rings. The lowest BCUT2D eigenvalue weighted by molar-refractivity contribution is -0.132. The predicted octanol–water partition coefficient (Wildman–Crippen LogP) is 4.01. The quantitative estimate of drug-likeness (QED) is 0.633. The van der Waals surface area contributed by atoms with Gasteiger partial charge in [0.05, 0.1) is 0 Å². The van der Waals surface area contributed by atoms with E-state index in [0.29, 0.717) is 6.04 Å². The third-order valence-electron chi connectivity index (χ3n) is 6.59. The first-order valence-corrected chi connectivity index (χ1v) is 10.6. The highest BCUT2D eigenvalue weighted by molar-refractivity contribution is 6.31. The Labute approximate surface area is 166 Å². The molecule has 4 rings (SSSR count). The van der Waals surface area contributed by atoms with Gasteiger partial charge < -0.3 is 4.57 Å². The van der Waals surface area contributed by atoms with E-state index in [0.717, 1.165) is 49.1 Å². The number of barbiturate groups is 1. The van der Waals surface area contributed by atoms with E-state index in [4.69, 9.17) is 0 Å². The number of amides is 4. The second-order valence-corrected chi connectivity index (χ2v) is 8.42. The Balaban J connectivity index is 1.66. The normalized spacial score (nSPS) is 23.7. The fourth-order valence-electron chi connectivity index (χ4n) is 5.17. The van der Waals surface area contributed by atoms with Gasteiger partial charge in [-0.05, 0) is 57.2 Å². The number of hydrogen-bond acceptors (Lipinski definition) is 3. The maximum Gasteiger partial charge on any atom is 0.331 e. The van der Waals surface area contributed by atoms with Crippen molar-refractivity contribution in [1.29, 1.82) is 0 Å². The summed E-state index contributed by atoms with van der Waals surface area (Å²) < 4.78 is 2.34. The highest BCUT2D eigenvalue weighted by Crippen LogP contribution is 2.34. The topological polar surface area (TPSA) is 71.4 Å². The molecule has 4 amide bonds. The van der Waals surface area contributed by atoms with Gasteiger partial charge in [0, 0.05) is 23.5 Å². The van der Waals surface area contributed by atoms with Gasteiger partial charge in [0.25, 0.3) is 11.8 Å². The minimum atomic E-state index is -0.590. The lowest BCUT2D eigenvalue weighted by Gasteiger charge is -2.35. The summed E-state index contributed by atoms with van der Waals surface area (Å²) >= 11 is 0. The van der Waals surface area contributed by atoms with Crippen molar-refractivity contribution >= 4 is 23.9 Å². The van der Waals surface area contributed by atoms with Crippen LogP contribution >= 0.6 is 0 Å². The summed E-state index contributed by atoms with van der Waals surface area (Å²) in [6.07, 6.45) is 11.3. The predicted molar refractivity (Wildman–Crippen MR) is 107 cm³/mol. The Morgan fingerprint density at radius 3 is 2.21 bits per heavy atom. The van der Waals surface area contributed by atoms with E-state index >= 15 is 0 Å². The van der Waals surface area contributed by atoms with Crippen molar-refractivity contribution in [2.24, 2.45) is 0 Å². The Kier molecular flexibility index (Phi) is 5.13. The molecule has 0 bridgehead atoms. The van der Waals surface area contributed by atoms with Crippen molar-refractivity contribution in [3.8, 4) is 0 Å². The standard InChI is InChI=1S/C22H29N3O3/c1-14-12-16(15(2)24(14)17-10-6-7-11-17)13-19-20(26)23-22(28)25(21(19)27)18-8-4-3-5-9-18/h12-13,17-18H,3-11H2,1-2H3,(H,23,26,28). The fourth-order valence-corrected chi connectivity index (χ4v) is 5.17. The smallest absolute Gasteiger partial charge is 0.331 e. The molecule has 6 heteroatoms. The minimum absolute atomic E-state index is 0.0665. The van der Waals surface area contributed by atoms with Crippen LogP contribution in [-0.4, -0.2) is 33.4 Å². The average Bonchev–Trinajstić information content (AvgIpc) is 3.27. The van der Waals surface area contributed by atoms with E-state index < -0.39 is 17.8 Å². The first-order valence-electron chi connectivity index (χ1n) is 10.6. The molecule has 0 unspecified atom stereocenters. The lowest BCUT2D eigenvalue weighted by atomic mass is 9.93. The van der Waals surface area contributed by atoms with Gasteiger partial charge in [0.1, 0.15) is 5.57 Å². The van der Waals surface area contributed by atoms with E-state index in [2.05, 4.69) is 16.8 Å². The van der Waals surface area contributed by atoms with Crippen LogP contribution in [0.25, 0.3) is 6.08 Å². The van der Waals surface area contributed by atoms with E-state index in [1.54, 1.807) is 6.08 Å². The number of carbonyl (C=O) groups excluding carboxylic acids is 3. The zero-order chi connectivity index (χ0) is 19.8. The molecule has 3 fully saturated rings. The summed E-state index contributed by atoms with van der Waals surface area (Å²) in [5.41, 5.74) is 3.19. The van der Waals surface area contributed by atoms with Gasteiger partial charge in [0.2, 0.25) is 0 Å². The van der Waals surface area contributed by atoms with E-state index in [1.165, 1.54) is 30.6 Å². The number of rotatable bonds is 3. The largest absolute Gasteiger partial charge is 0.346 e. The molecule has 1 aromatic rings. The van der Waals surface area contributed by atoms with Gasteiger partial charge in [-0.25, -0.2) is 4.79 Å². The molecular weight excluding hydrogens is 354 g/mol. The summed E-state index contributed by atoms with van der Waals surface area (Å²) in [6.45, 7) is 4.13. The van der Waals surface area contributed by atoms with Crippen LogP contribution in [0.3, 0.4) is 0 Å². The Morgan fingerprint density at radius 1 is 0.929 bits per heavy atom. The minimum Gasteiger partial charge on any atom is -0.346 e. The van der Waals surface area contributed by atoms with E-state index in [1.807, 2.05) is 13.0 Å². The Bertz CT molecular complexity index is 839. The molecule has 0 spiro atoms. The number of carbonyl (C=O) groups is 3. The first-order chi connectivity index (χ1) is 13.5. The van der Waals surface area contributed by atoms with E-state index in [9.17, 15) is 14.4 Å². The SMILES string of the molecule is Cc1cc(C=C2C(=O)NC(=O)N(C3CCCCC3)C2=O)c(C)n1C1CCCC1. The summed E-state index contributed by atoms with van der Waals surface area (Å²) in [4.78, 5) is 39.2. The number of nitrogens with zero attached hydrogens (tertiary/aromatic N) is 2. The van der Waals surface area contributed by atoms with E-state index in [-0.39, 0.29) is 11.6 Å². The lowest BCUT2D eigenvalue weighted by Crippen LogP contribution is -2.58. The van der Waals surface area contributed by atoms with Crippen molar-refractivity contribution < 1.29 is 14.4 Å². The molecule has 2 aliphatic carbocycles. The highest BCUT2D eigenvalue weighted by Gasteiger charge is 2.40. The number of aromatic nitrogens is 1. The summed E-state index contributed by atoms with van der Waals surface area (Å²) in [5.74, 6) is -1.04. The van der Waals surface area contributed by atoms with Crippen LogP contribution in [0.1, 0.15) is 80.8 Å². The van der Waals surface area contributed by atoms with Crippen molar-refractivity contribution in [1.82, 2.24) is 14.8 Å². The molecule has 1 saturated heterocycles. The third-order valence-corrected chi connectivity index (χ3v) is 6.59. The molecule has 28 heavy (non-hydrogen) atoms. The Hall–Kier alpha value is -2.37. The molecule has 1 N–H and O–H groups in total. The fraction of sp³-hybridized carbons (Fsp3) is 0.591.